The molecule has 1 fully saturated rings. The van der Waals surface area contributed by atoms with Gasteiger partial charge in [0.1, 0.15) is 17.0 Å². The van der Waals surface area contributed by atoms with E-state index in [2.05, 4.69) is 0 Å². The fourth-order valence-corrected chi connectivity index (χ4v) is 3.61. The van der Waals surface area contributed by atoms with Crippen LogP contribution in [0.15, 0.2) is 46.9 Å². The molecule has 5 heteroatoms. The van der Waals surface area contributed by atoms with Crippen LogP contribution in [0.2, 0.25) is 0 Å². The SMILES string of the molecule is Cc1c(-c2cc(C(=O)O)c3c(OC4CC4)ccc(C)c3n2)oc2ccccc12. The molecule has 0 radical (unpaired) electrons. The minimum absolute atomic E-state index is 0.171. The summed E-state index contributed by atoms with van der Waals surface area (Å²) >= 11 is 0. The van der Waals surface area contributed by atoms with Gasteiger partial charge < -0.3 is 14.3 Å². The number of hydrogen-bond acceptors (Lipinski definition) is 4. The number of aromatic nitrogens is 1. The highest BCUT2D eigenvalue weighted by molar-refractivity contribution is 6.07. The van der Waals surface area contributed by atoms with Gasteiger partial charge in [0, 0.05) is 10.9 Å². The van der Waals surface area contributed by atoms with Crippen LogP contribution in [0.1, 0.15) is 34.3 Å². The predicted molar refractivity (Wildman–Crippen MR) is 107 cm³/mol. The Morgan fingerprint density at radius 1 is 1.18 bits per heavy atom. The monoisotopic (exact) mass is 373 g/mol. The molecule has 140 valence electrons. The summed E-state index contributed by atoms with van der Waals surface area (Å²) in [5, 5.41) is 11.5. The van der Waals surface area contributed by atoms with Crippen molar-refractivity contribution in [2.24, 2.45) is 0 Å². The van der Waals surface area contributed by atoms with Crippen LogP contribution in [-0.2, 0) is 0 Å². The lowest BCUT2D eigenvalue weighted by atomic mass is 10.0. The summed E-state index contributed by atoms with van der Waals surface area (Å²) in [6.07, 6.45) is 2.17. The van der Waals surface area contributed by atoms with E-state index >= 15 is 0 Å². The first-order valence-corrected chi connectivity index (χ1v) is 9.35. The highest BCUT2D eigenvalue weighted by Gasteiger charge is 2.27. The molecule has 5 nitrogen and oxygen atoms in total. The van der Waals surface area contributed by atoms with Crippen molar-refractivity contribution in [3.05, 3.63) is 59.2 Å². The van der Waals surface area contributed by atoms with Gasteiger partial charge in [0.25, 0.3) is 0 Å². The summed E-state index contributed by atoms with van der Waals surface area (Å²) in [6.45, 7) is 3.89. The molecule has 5 rings (SSSR count). The molecule has 2 aromatic carbocycles. The van der Waals surface area contributed by atoms with Gasteiger partial charge in [0.2, 0.25) is 0 Å². The predicted octanol–water partition coefficient (Wildman–Crippen LogP) is 5.50. The highest BCUT2D eigenvalue weighted by atomic mass is 16.5. The number of aromatic carboxylic acids is 1. The van der Waals surface area contributed by atoms with Crippen LogP contribution in [0.4, 0.5) is 0 Å². The number of carbonyl (C=O) groups is 1. The maximum absolute atomic E-state index is 12.1. The van der Waals surface area contributed by atoms with Crippen LogP contribution in [-0.4, -0.2) is 22.2 Å². The molecule has 1 aliphatic carbocycles. The highest BCUT2D eigenvalue weighted by Crippen LogP contribution is 2.38. The molecule has 0 amide bonds. The number of ether oxygens (including phenoxy) is 1. The number of rotatable bonds is 4. The minimum Gasteiger partial charge on any atom is -0.490 e. The van der Waals surface area contributed by atoms with Crippen molar-refractivity contribution in [1.29, 1.82) is 0 Å². The smallest absolute Gasteiger partial charge is 0.336 e. The summed E-state index contributed by atoms with van der Waals surface area (Å²) < 4.78 is 12.0. The number of carboxylic acids is 1. The molecule has 1 aliphatic rings. The van der Waals surface area contributed by atoms with Crippen LogP contribution < -0.4 is 4.74 Å². The van der Waals surface area contributed by atoms with Gasteiger partial charge in [-0.2, -0.15) is 0 Å². The van der Waals surface area contributed by atoms with Gasteiger partial charge in [0.05, 0.1) is 22.6 Å². The molecule has 0 saturated heterocycles. The van der Waals surface area contributed by atoms with Gasteiger partial charge in [0.15, 0.2) is 5.76 Å². The number of nitrogens with zero attached hydrogens (tertiary/aromatic N) is 1. The van der Waals surface area contributed by atoms with E-state index in [1.807, 2.05) is 50.2 Å². The second-order valence-corrected chi connectivity index (χ2v) is 7.33. The van der Waals surface area contributed by atoms with Crippen LogP contribution in [0, 0.1) is 13.8 Å². The fourth-order valence-electron chi connectivity index (χ4n) is 3.61. The molecule has 4 aromatic rings. The van der Waals surface area contributed by atoms with Gasteiger partial charge >= 0.3 is 5.97 Å². The Balaban J connectivity index is 1.79. The van der Waals surface area contributed by atoms with E-state index in [4.69, 9.17) is 14.1 Å². The van der Waals surface area contributed by atoms with Crippen molar-refractivity contribution in [2.75, 3.05) is 0 Å². The quantitative estimate of drug-likeness (QED) is 0.511. The zero-order valence-electron chi connectivity index (χ0n) is 15.7. The molecule has 1 saturated carbocycles. The number of carboxylic acid groups (broad SMARTS) is 1. The van der Waals surface area contributed by atoms with Gasteiger partial charge in [-0.15, -0.1) is 0 Å². The molecule has 1 N–H and O–H groups in total. The number of furan rings is 1. The molecular weight excluding hydrogens is 354 g/mol. The zero-order chi connectivity index (χ0) is 19.4. The third-order valence-corrected chi connectivity index (χ3v) is 5.25. The molecule has 0 unspecified atom stereocenters. The third kappa shape index (κ3) is 2.62. The van der Waals surface area contributed by atoms with Crippen molar-refractivity contribution < 1.29 is 19.1 Å². The second-order valence-electron chi connectivity index (χ2n) is 7.33. The van der Waals surface area contributed by atoms with Crippen molar-refractivity contribution in [3.63, 3.8) is 0 Å². The van der Waals surface area contributed by atoms with Gasteiger partial charge in [-0.3, -0.25) is 0 Å². The summed E-state index contributed by atoms with van der Waals surface area (Å²) in [6, 6.07) is 13.1. The lowest BCUT2D eigenvalue weighted by molar-refractivity contribution is 0.0698. The largest absolute Gasteiger partial charge is 0.490 e. The molecule has 0 atom stereocenters. The average molecular weight is 373 g/mol. The number of para-hydroxylation sites is 1. The lowest BCUT2D eigenvalue weighted by Crippen LogP contribution is -2.05. The summed E-state index contributed by atoms with van der Waals surface area (Å²) in [7, 11) is 0. The lowest BCUT2D eigenvalue weighted by Gasteiger charge is -2.13. The Kier molecular flexibility index (Phi) is 3.66. The van der Waals surface area contributed by atoms with Gasteiger partial charge in [-0.05, 0) is 50.5 Å². The molecule has 0 aliphatic heterocycles. The number of hydrogen-bond donors (Lipinski definition) is 1. The third-order valence-electron chi connectivity index (χ3n) is 5.25. The molecule has 2 heterocycles. The number of pyridine rings is 1. The van der Waals surface area contributed by atoms with Crippen molar-refractivity contribution in [2.45, 2.75) is 32.8 Å². The van der Waals surface area contributed by atoms with E-state index in [-0.39, 0.29) is 11.7 Å². The Morgan fingerprint density at radius 2 is 1.96 bits per heavy atom. The zero-order valence-corrected chi connectivity index (χ0v) is 15.7. The fraction of sp³-hybridized carbons (Fsp3) is 0.217. The van der Waals surface area contributed by atoms with Gasteiger partial charge in [-0.1, -0.05) is 24.3 Å². The molecular formula is C23H19NO4. The maximum Gasteiger partial charge on any atom is 0.336 e. The maximum atomic E-state index is 12.1. The number of fused-ring (bicyclic) bond motifs is 2. The van der Waals surface area contributed by atoms with Crippen LogP contribution >= 0.6 is 0 Å². The Morgan fingerprint density at radius 3 is 2.68 bits per heavy atom. The van der Waals surface area contributed by atoms with Crippen molar-refractivity contribution >= 4 is 27.8 Å². The van der Waals surface area contributed by atoms with Gasteiger partial charge in [-0.25, -0.2) is 9.78 Å². The molecule has 28 heavy (non-hydrogen) atoms. The minimum atomic E-state index is -1.01. The van der Waals surface area contributed by atoms with Crippen molar-refractivity contribution in [1.82, 2.24) is 4.98 Å². The first-order chi connectivity index (χ1) is 13.5. The van der Waals surface area contributed by atoms with E-state index in [1.54, 1.807) is 6.07 Å². The number of aryl methyl sites for hydroxylation is 2. The van der Waals surface area contributed by atoms with Crippen LogP contribution in [0.25, 0.3) is 33.3 Å². The molecule has 0 bridgehead atoms. The van der Waals surface area contributed by atoms with E-state index in [9.17, 15) is 9.90 Å². The van der Waals surface area contributed by atoms with Crippen LogP contribution in [0.3, 0.4) is 0 Å². The Labute approximate surface area is 161 Å². The first kappa shape index (κ1) is 16.8. The Hall–Kier alpha value is -3.34. The summed E-state index contributed by atoms with van der Waals surface area (Å²) in [5.41, 5.74) is 3.94. The standard InChI is InChI=1S/C23H19NO4/c1-12-7-10-19(27-14-8-9-14)20-16(23(25)26)11-17(24-21(12)20)22-13(2)15-5-3-4-6-18(15)28-22/h3-7,10-11,14H,8-9H2,1-2H3,(H,25,26). The summed E-state index contributed by atoms with van der Waals surface area (Å²) in [5.74, 6) is 0.174. The van der Waals surface area contributed by atoms with E-state index in [1.165, 1.54) is 0 Å². The normalized spacial score (nSPS) is 13.9. The van der Waals surface area contributed by atoms with Crippen LogP contribution in [0.5, 0.6) is 5.75 Å². The Bertz CT molecular complexity index is 1250. The van der Waals surface area contributed by atoms with Crippen molar-refractivity contribution in [3.8, 4) is 17.2 Å². The second kappa shape index (κ2) is 6.09. The van der Waals surface area contributed by atoms with E-state index < -0.39 is 5.97 Å². The number of benzene rings is 2. The summed E-state index contributed by atoms with van der Waals surface area (Å²) in [4.78, 5) is 16.9. The average Bonchev–Trinajstić information content (AvgIpc) is 3.45. The van der Waals surface area contributed by atoms with E-state index in [0.717, 1.165) is 34.9 Å². The first-order valence-electron chi connectivity index (χ1n) is 9.35. The van der Waals surface area contributed by atoms with E-state index in [0.29, 0.717) is 28.1 Å². The molecule has 2 aromatic heterocycles. The topological polar surface area (TPSA) is 72.6 Å². The molecule has 0 spiro atoms.